The van der Waals surface area contributed by atoms with Gasteiger partial charge in [0.15, 0.2) is 5.11 Å². The second-order valence-electron chi connectivity index (χ2n) is 5.96. The fourth-order valence-electron chi connectivity index (χ4n) is 2.72. The predicted octanol–water partition coefficient (Wildman–Crippen LogP) is 4.68. The van der Waals surface area contributed by atoms with Crippen LogP contribution in [0.2, 0.25) is 0 Å². The molecule has 2 nitrogen and oxygen atoms in total. The van der Waals surface area contributed by atoms with Crippen molar-refractivity contribution in [1.82, 2.24) is 5.32 Å². The quantitative estimate of drug-likeness (QED) is 0.770. The molecule has 110 valence electrons. The van der Waals surface area contributed by atoms with Crippen molar-refractivity contribution >= 4 is 23.0 Å². The minimum atomic E-state index is 0.652. The first kappa shape index (κ1) is 15.3. The Morgan fingerprint density at radius 1 is 1.35 bits per heavy atom. The molecule has 0 heterocycles. The van der Waals surface area contributed by atoms with E-state index in [1.807, 2.05) is 0 Å². The van der Waals surface area contributed by atoms with Gasteiger partial charge in [-0.1, -0.05) is 45.2 Å². The fourth-order valence-corrected chi connectivity index (χ4v) is 2.92. The molecule has 0 aliphatic heterocycles. The van der Waals surface area contributed by atoms with E-state index in [1.54, 1.807) is 0 Å². The number of rotatable bonds is 5. The maximum Gasteiger partial charge on any atom is 0.170 e. The molecule has 1 aliphatic rings. The SMILES string of the molecule is CCC(C)CNC(=S)Nc1cccc(C2CCCC2)c1. The lowest BCUT2D eigenvalue weighted by Crippen LogP contribution is -2.31. The van der Waals surface area contributed by atoms with Crippen LogP contribution in [0.15, 0.2) is 24.3 Å². The van der Waals surface area contributed by atoms with Gasteiger partial charge in [0.25, 0.3) is 0 Å². The van der Waals surface area contributed by atoms with Crippen molar-refractivity contribution in [2.75, 3.05) is 11.9 Å². The molecule has 0 saturated heterocycles. The lowest BCUT2D eigenvalue weighted by atomic mass is 9.97. The van der Waals surface area contributed by atoms with Gasteiger partial charge in [-0.3, -0.25) is 0 Å². The van der Waals surface area contributed by atoms with Crippen molar-refractivity contribution in [3.05, 3.63) is 29.8 Å². The first-order chi connectivity index (χ1) is 9.69. The van der Waals surface area contributed by atoms with Crippen LogP contribution in [0.4, 0.5) is 5.69 Å². The van der Waals surface area contributed by atoms with Gasteiger partial charge in [0.1, 0.15) is 0 Å². The molecule has 1 fully saturated rings. The van der Waals surface area contributed by atoms with Gasteiger partial charge < -0.3 is 10.6 Å². The van der Waals surface area contributed by atoms with Crippen molar-refractivity contribution in [3.63, 3.8) is 0 Å². The van der Waals surface area contributed by atoms with E-state index in [2.05, 4.69) is 48.7 Å². The Labute approximate surface area is 128 Å². The number of benzene rings is 1. The highest BCUT2D eigenvalue weighted by Crippen LogP contribution is 2.34. The van der Waals surface area contributed by atoms with Crippen molar-refractivity contribution in [2.24, 2.45) is 5.92 Å². The molecule has 1 saturated carbocycles. The average Bonchev–Trinajstić information content (AvgIpc) is 2.99. The maximum absolute atomic E-state index is 5.36. The first-order valence-corrected chi connectivity index (χ1v) is 8.24. The van der Waals surface area contributed by atoms with Crippen molar-refractivity contribution in [3.8, 4) is 0 Å². The molecule has 20 heavy (non-hydrogen) atoms. The van der Waals surface area contributed by atoms with Crippen LogP contribution >= 0.6 is 12.2 Å². The summed E-state index contributed by atoms with van der Waals surface area (Å²) in [7, 11) is 0. The second kappa shape index (κ2) is 7.63. The van der Waals surface area contributed by atoms with Crippen LogP contribution in [0.5, 0.6) is 0 Å². The zero-order valence-electron chi connectivity index (χ0n) is 12.6. The molecule has 1 aromatic carbocycles. The van der Waals surface area contributed by atoms with E-state index in [4.69, 9.17) is 12.2 Å². The van der Waals surface area contributed by atoms with Gasteiger partial charge in [0.2, 0.25) is 0 Å². The van der Waals surface area contributed by atoms with Crippen LogP contribution in [0.1, 0.15) is 57.4 Å². The summed E-state index contributed by atoms with van der Waals surface area (Å²) in [4.78, 5) is 0. The second-order valence-corrected chi connectivity index (χ2v) is 6.36. The normalized spacial score (nSPS) is 16.9. The Balaban J connectivity index is 1.89. The highest BCUT2D eigenvalue weighted by atomic mass is 32.1. The molecule has 1 unspecified atom stereocenters. The van der Waals surface area contributed by atoms with Gasteiger partial charge in [-0.25, -0.2) is 0 Å². The molecule has 2 rings (SSSR count). The van der Waals surface area contributed by atoms with Crippen LogP contribution in [-0.2, 0) is 0 Å². The smallest absolute Gasteiger partial charge is 0.170 e. The number of thiocarbonyl (C=S) groups is 1. The fraction of sp³-hybridized carbons (Fsp3) is 0.588. The van der Waals surface area contributed by atoms with Crippen LogP contribution in [0.25, 0.3) is 0 Å². The lowest BCUT2D eigenvalue weighted by Gasteiger charge is -2.15. The maximum atomic E-state index is 5.36. The summed E-state index contributed by atoms with van der Waals surface area (Å²) in [5.74, 6) is 1.40. The Hall–Kier alpha value is -1.09. The van der Waals surface area contributed by atoms with E-state index in [0.717, 1.165) is 23.3 Å². The molecular weight excluding hydrogens is 264 g/mol. The summed E-state index contributed by atoms with van der Waals surface area (Å²) in [6.45, 7) is 5.37. The van der Waals surface area contributed by atoms with Gasteiger partial charge in [-0.05, 0) is 54.6 Å². The van der Waals surface area contributed by atoms with Crippen molar-refractivity contribution in [1.29, 1.82) is 0 Å². The number of nitrogens with one attached hydrogen (secondary N) is 2. The molecule has 0 radical (unpaired) electrons. The number of hydrogen-bond acceptors (Lipinski definition) is 1. The van der Waals surface area contributed by atoms with E-state index in [-0.39, 0.29) is 0 Å². The van der Waals surface area contributed by atoms with Crippen LogP contribution in [-0.4, -0.2) is 11.7 Å². The third kappa shape index (κ3) is 4.48. The van der Waals surface area contributed by atoms with E-state index < -0.39 is 0 Å². The molecule has 3 heteroatoms. The lowest BCUT2D eigenvalue weighted by molar-refractivity contribution is 0.550. The van der Waals surface area contributed by atoms with Gasteiger partial charge in [-0.2, -0.15) is 0 Å². The Kier molecular flexibility index (Phi) is 5.84. The summed E-state index contributed by atoms with van der Waals surface area (Å²) >= 11 is 5.36. The van der Waals surface area contributed by atoms with Crippen LogP contribution < -0.4 is 10.6 Å². The molecule has 1 atom stereocenters. The van der Waals surface area contributed by atoms with E-state index in [9.17, 15) is 0 Å². The topological polar surface area (TPSA) is 24.1 Å². The zero-order chi connectivity index (χ0) is 14.4. The Morgan fingerprint density at radius 3 is 2.80 bits per heavy atom. The number of anilines is 1. The Bertz CT molecular complexity index is 438. The first-order valence-electron chi connectivity index (χ1n) is 7.84. The number of hydrogen-bond donors (Lipinski definition) is 2. The molecule has 1 aromatic rings. The Morgan fingerprint density at radius 2 is 2.10 bits per heavy atom. The molecular formula is C17H26N2S. The summed E-state index contributed by atoms with van der Waals surface area (Å²) in [5, 5.41) is 7.33. The highest BCUT2D eigenvalue weighted by Gasteiger charge is 2.17. The van der Waals surface area contributed by atoms with E-state index in [0.29, 0.717) is 5.92 Å². The summed E-state index contributed by atoms with van der Waals surface area (Å²) in [6, 6.07) is 8.73. The average molecular weight is 290 g/mol. The largest absolute Gasteiger partial charge is 0.362 e. The molecule has 2 N–H and O–H groups in total. The monoisotopic (exact) mass is 290 g/mol. The summed E-state index contributed by atoms with van der Waals surface area (Å²) in [6.07, 6.45) is 6.58. The molecule has 0 amide bonds. The predicted molar refractivity (Wildman–Crippen MR) is 91.3 cm³/mol. The van der Waals surface area contributed by atoms with Crippen molar-refractivity contribution < 1.29 is 0 Å². The van der Waals surface area contributed by atoms with Crippen LogP contribution in [0, 0.1) is 5.92 Å². The van der Waals surface area contributed by atoms with Gasteiger partial charge >= 0.3 is 0 Å². The van der Waals surface area contributed by atoms with Gasteiger partial charge in [0.05, 0.1) is 0 Å². The van der Waals surface area contributed by atoms with Crippen molar-refractivity contribution in [2.45, 2.75) is 51.9 Å². The molecule has 0 aromatic heterocycles. The minimum absolute atomic E-state index is 0.652. The van der Waals surface area contributed by atoms with E-state index >= 15 is 0 Å². The highest BCUT2D eigenvalue weighted by molar-refractivity contribution is 7.80. The zero-order valence-corrected chi connectivity index (χ0v) is 13.4. The van der Waals surface area contributed by atoms with Gasteiger partial charge in [-0.15, -0.1) is 0 Å². The van der Waals surface area contributed by atoms with Gasteiger partial charge in [0, 0.05) is 12.2 Å². The molecule has 1 aliphatic carbocycles. The minimum Gasteiger partial charge on any atom is -0.362 e. The summed E-state index contributed by atoms with van der Waals surface area (Å²) < 4.78 is 0. The molecule has 0 spiro atoms. The molecule has 0 bridgehead atoms. The third-order valence-electron chi connectivity index (χ3n) is 4.28. The summed E-state index contributed by atoms with van der Waals surface area (Å²) in [5.41, 5.74) is 2.56. The third-order valence-corrected chi connectivity index (χ3v) is 4.53. The standard InChI is InChI=1S/C17H26N2S/c1-3-13(2)12-18-17(20)19-16-10-6-9-15(11-16)14-7-4-5-8-14/h6,9-11,13-14H,3-5,7-8,12H2,1-2H3,(H2,18,19,20). The van der Waals surface area contributed by atoms with Crippen LogP contribution in [0.3, 0.4) is 0 Å². The van der Waals surface area contributed by atoms with E-state index in [1.165, 1.54) is 37.7 Å².